The highest BCUT2D eigenvalue weighted by atomic mass is 14.9. The van der Waals surface area contributed by atoms with Crippen LogP contribution in [0.5, 0.6) is 0 Å². The largest absolute Gasteiger partial charge is 0.309 e. The average molecular weight is 694 g/mol. The molecule has 268 valence electrons. The van der Waals surface area contributed by atoms with E-state index in [9.17, 15) is 0 Å². The van der Waals surface area contributed by atoms with E-state index in [1.807, 2.05) is 0 Å². The van der Waals surface area contributed by atoms with Crippen LogP contribution in [0.4, 0.5) is 0 Å². The van der Waals surface area contributed by atoms with Crippen molar-refractivity contribution in [2.45, 2.75) is 83.6 Å². The van der Waals surface area contributed by atoms with Crippen LogP contribution < -0.4 is 36.6 Å². The van der Waals surface area contributed by atoms with E-state index in [4.69, 9.17) is 0 Å². The average Bonchev–Trinajstić information content (AvgIpc) is 3.23. The molecule has 3 aromatic carbocycles. The normalized spacial score (nSPS) is 29.3. The first-order valence-electron chi connectivity index (χ1n) is 20.8. The van der Waals surface area contributed by atoms with Gasteiger partial charge in [0, 0.05) is 30.3 Å². The number of allylic oxidation sites excluding steroid dienone is 7. The summed E-state index contributed by atoms with van der Waals surface area (Å²) in [4.78, 5) is 0. The van der Waals surface area contributed by atoms with E-state index in [-0.39, 0.29) is 0 Å². The summed E-state index contributed by atoms with van der Waals surface area (Å²) in [6.45, 7) is 3.42. The molecule has 1 nitrogen and oxygen atoms in total. The molecule has 6 aliphatic rings. The van der Waals surface area contributed by atoms with Crippen LogP contribution in [0.15, 0.2) is 133 Å². The zero-order valence-electron chi connectivity index (χ0n) is 31.6. The Kier molecular flexibility index (Phi) is 10.0. The molecule has 3 aromatic rings. The second kappa shape index (κ2) is 15.5. The van der Waals surface area contributed by atoms with E-state index in [0.717, 1.165) is 44.6 Å². The van der Waals surface area contributed by atoms with E-state index in [1.165, 1.54) is 92.1 Å². The van der Waals surface area contributed by atoms with Gasteiger partial charge < -0.3 is 5.32 Å². The highest BCUT2D eigenvalue weighted by molar-refractivity contribution is 5.92. The molecule has 1 saturated carbocycles. The molecule has 1 heteroatoms. The van der Waals surface area contributed by atoms with Crippen molar-refractivity contribution in [3.8, 4) is 0 Å². The van der Waals surface area contributed by atoms with E-state index in [1.54, 1.807) is 11.1 Å². The van der Waals surface area contributed by atoms with Crippen LogP contribution >= 0.6 is 0 Å². The van der Waals surface area contributed by atoms with Gasteiger partial charge in [0.25, 0.3) is 0 Å². The molecule has 1 aliphatic heterocycles. The van der Waals surface area contributed by atoms with Crippen molar-refractivity contribution < 1.29 is 0 Å². The summed E-state index contributed by atoms with van der Waals surface area (Å²) in [5.41, 5.74) is 9.32. The first kappa shape index (κ1) is 34.3. The number of hydrogen-bond donors (Lipinski definition) is 1. The van der Waals surface area contributed by atoms with Crippen molar-refractivity contribution in [1.82, 2.24) is 5.32 Å². The lowest BCUT2D eigenvalue weighted by Crippen LogP contribution is -2.42. The molecule has 0 bridgehead atoms. The lowest BCUT2D eigenvalue weighted by molar-refractivity contribution is 0.421. The van der Waals surface area contributed by atoms with Gasteiger partial charge in [-0.15, -0.1) is 0 Å². The van der Waals surface area contributed by atoms with Crippen LogP contribution in [0.25, 0.3) is 34.4 Å². The van der Waals surface area contributed by atoms with Crippen LogP contribution in [-0.4, -0.2) is 12.6 Å². The minimum Gasteiger partial charge on any atom is -0.309 e. The first-order valence-corrected chi connectivity index (χ1v) is 20.8. The summed E-state index contributed by atoms with van der Waals surface area (Å²) in [7, 11) is 0. The highest BCUT2D eigenvalue weighted by Crippen LogP contribution is 2.37. The van der Waals surface area contributed by atoms with Gasteiger partial charge in [0.1, 0.15) is 0 Å². The predicted octanol–water partition coefficient (Wildman–Crippen LogP) is 7.59. The lowest BCUT2D eigenvalue weighted by Gasteiger charge is -2.31. The zero-order chi connectivity index (χ0) is 35.6. The van der Waals surface area contributed by atoms with Gasteiger partial charge in [-0.2, -0.15) is 0 Å². The Hall–Kier alpha value is -4.46. The van der Waals surface area contributed by atoms with Crippen molar-refractivity contribution in [3.63, 3.8) is 0 Å². The SMILES string of the molecule is CC1/C=C\C=C/C/C(C2=CC(C3C=CC(C4C=c5ccccc5=CC4)NC3)=CCC2)=c2/cccc/c2=C/1C1=c2ccccc2=C(C2CCCCC2)CC1. The third kappa shape index (κ3) is 7.02. The molecular weight excluding hydrogens is 639 g/mol. The molecule has 1 heterocycles. The molecule has 5 aliphatic carbocycles. The Bertz CT molecular complexity index is 2420. The Morgan fingerprint density at radius 2 is 1.42 bits per heavy atom. The molecule has 53 heavy (non-hydrogen) atoms. The Labute approximate surface area is 316 Å². The van der Waals surface area contributed by atoms with Crippen molar-refractivity contribution in [1.29, 1.82) is 0 Å². The van der Waals surface area contributed by atoms with Crippen LogP contribution in [0, 0.1) is 23.7 Å². The fourth-order valence-electron chi connectivity index (χ4n) is 10.4. The highest BCUT2D eigenvalue weighted by Gasteiger charge is 2.26. The molecule has 0 saturated heterocycles. The van der Waals surface area contributed by atoms with Gasteiger partial charge in [-0.25, -0.2) is 0 Å². The molecule has 0 aromatic heterocycles. The van der Waals surface area contributed by atoms with Gasteiger partial charge in [0.2, 0.25) is 0 Å². The molecular formula is C52H55N. The second-order valence-corrected chi connectivity index (χ2v) is 16.4. The molecule has 0 radical (unpaired) electrons. The van der Waals surface area contributed by atoms with Gasteiger partial charge in [-0.05, 0) is 116 Å². The fraction of sp³-hybridized carbons (Fsp3) is 0.346. The van der Waals surface area contributed by atoms with Crippen molar-refractivity contribution >= 4 is 34.4 Å². The summed E-state index contributed by atoms with van der Waals surface area (Å²) < 4.78 is 0. The van der Waals surface area contributed by atoms with E-state index >= 15 is 0 Å². The minimum atomic E-state index is 0.314. The monoisotopic (exact) mass is 693 g/mol. The fourth-order valence-corrected chi connectivity index (χ4v) is 10.4. The number of hydrogen-bond acceptors (Lipinski definition) is 1. The van der Waals surface area contributed by atoms with E-state index < -0.39 is 0 Å². The smallest absolute Gasteiger partial charge is 0.0316 e. The summed E-state index contributed by atoms with van der Waals surface area (Å²) in [6.07, 6.45) is 37.9. The molecule has 1 N–H and O–H groups in total. The van der Waals surface area contributed by atoms with Crippen molar-refractivity contribution in [2.75, 3.05) is 6.54 Å². The standard InChI is InChI=1S/C52H55N/c1-36-15-4-2-7-22-44(41-21-14-20-40(33-41)43-29-32-51(53-35-43)42-28-27-37-16-8-9-19-39(37)34-42)47-24-12-13-26-49(47)52(36)50-31-30-45(38-17-5-3-6-18-38)46-23-10-11-25-48(46)50/h2,4,7-13,15-16,19-20,23-27,29,32-34,36,38,42-43,51,53H,3,5-6,14,17-18,21-22,28,30-31,35H2,1H3/b7-2-,15-4-,47-44+,52-49+. The van der Waals surface area contributed by atoms with Crippen LogP contribution in [-0.2, 0) is 0 Å². The van der Waals surface area contributed by atoms with Gasteiger partial charge in [0.15, 0.2) is 0 Å². The number of nitrogens with one attached hydrogen (secondary N) is 1. The topological polar surface area (TPSA) is 12.0 Å². The summed E-state index contributed by atoms with van der Waals surface area (Å²) >= 11 is 0. The molecule has 0 amide bonds. The van der Waals surface area contributed by atoms with Crippen LogP contribution in [0.1, 0.15) is 77.6 Å². The minimum absolute atomic E-state index is 0.314. The lowest BCUT2D eigenvalue weighted by atomic mass is 9.76. The van der Waals surface area contributed by atoms with Crippen molar-refractivity contribution in [3.05, 3.63) is 164 Å². The van der Waals surface area contributed by atoms with Gasteiger partial charge in [-0.1, -0.05) is 165 Å². The van der Waals surface area contributed by atoms with Gasteiger partial charge in [-0.3, -0.25) is 0 Å². The summed E-state index contributed by atoms with van der Waals surface area (Å²) in [5.74, 6) is 1.98. The molecule has 4 atom stereocenters. The number of fused-ring (bicyclic) bond motifs is 3. The quantitative estimate of drug-likeness (QED) is 0.272. The number of rotatable bonds is 5. The zero-order valence-corrected chi connectivity index (χ0v) is 31.6. The third-order valence-electron chi connectivity index (χ3n) is 13.2. The first-order chi connectivity index (χ1) is 26.2. The van der Waals surface area contributed by atoms with E-state index in [2.05, 4.69) is 146 Å². The Balaban J connectivity index is 1.13. The third-order valence-corrected chi connectivity index (χ3v) is 13.2. The van der Waals surface area contributed by atoms with Gasteiger partial charge in [0.05, 0.1) is 0 Å². The second-order valence-electron chi connectivity index (χ2n) is 16.4. The molecule has 4 unspecified atom stereocenters. The van der Waals surface area contributed by atoms with Gasteiger partial charge >= 0.3 is 0 Å². The van der Waals surface area contributed by atoms with Crippen molar-refractivity contribution in [2.24, 2.45) is 23.7 Å². The van der Waals surface area contributed by atoms with Crippen LogP contribution in [0.3, 0.4) is 0 Å². The molecule has 1 fully saturated rings. The van der Waals surface area contributed by atoms with Crippen LogP contribution in [0.2, 0.25) is 0 Å². The predicted molar refractivity (Wildman–Crippen MR) is 225 cm³/mol. The molecule has 9 rings (SSSR count). The summed E-state index contributed by atoms with van der Waals surface area (Å²) in [5, 5.41) is 12.6. The summed E-state index contributed by atoms with van der Waals surface area (Å²) in [6, 6.07) is 28.0. The molecule has 0 spiro atoms. The maximum Gasteiger partial charge on any atom is 0.0316 e. The van der Waals surface area contributed by atoms with E-state index in [0.29, 0.717) is 23.8 Å². The maximum atomic E-state index is 3.95. The maximum absolute atomic E-state index is 3.95. The Morgan fingerprint density at radius 1 is 0.660 bits per heavy atom. The Morgan fingerprint density at radius 3 is 2.23 bits per heavy atom. The number of benzene rings is 3.